The van der Waals surface area contributed by atoms with E-state index in [0.29, 0.717) is 5.75 Å². The number of fused-ring (bicyclic) bond motifs is 1. The zero-order chi connectivity index (χ0) is 25.3. The maximum atomic E-state index is 12.8. The van der Waals surface area contributed by atoms with Crippen molar-refractivity contribution in [3.63, 3.8) is 0 Å². The lowest BCUT2D eigenvalue weighted by Gasteiger charge is -2.38. The first-order valence-corrected chi connectivity index (χ1v) is 12.7. The molecule has 0 N–H and O–H groups in total. The zero-order valence-corrected chi connectivity index (χ0v) is 21.8. The molecule has 2 saturated heterocycles. The Bertz CT molecular complexity index is 845. The van der Waals surface area contributed by atoms with E-state index in [1.807, 2.05) is 0 Å². The Morgan fingerprint density at radius 2 is 1.63 bits per heavy atom. The van der Waals surface area contributed by atoms with Crippen molar-refractivity contribution in [3.8, 4) is 5.75 Å². The van der Waals surface area contributed by atoms with Crippen molar-refractivity contribution in [1.29, 1.82) is 0 Å². The molecule has 1 aromatic rings. The summed E-state index contributed by atoms with van der Waals surface area (Å²) in [7, 11) is 4.22. The van der Waals surface area contributed by atoms with Crippen LogP contribution in [0, 0.1) is 0 Å². The van der Waals surface area contributed by atoms with Crippen molar-refractivity contribution in [2.24, 2.45) is 0 Å². The highest BCUT2D eigenvalue weighted by Gasteiger charge is 2.40. The van der Waals surface area contributed by atoms with Crippen LogP contribution in [0.15, 0.2) is 47.8 Å². The van der Waals surface area contributed by atoms with E-state index in [2.05, 4.69) is 59.7 Å². The van der Waals surface area contributed by atoms with Crippen LogP contribution >= 0.6 is 0 Å². The van der Waals surface area contributed by atoms with Crippen LogP contribution < -0.4 is 4.74 Å². The summed E-state index contributed by atoms with van der Waals surface area (Å²) in [4.78, 5) is 9.86. The average Bonchev–Trinajstić information content (AvgIpc) is 3.18. The van der Waals surface area contributed by atoms with Crippen LogP contribution in [0.5, 0.6) is 5.75 Å². The normalized spacial score (nSPS) is 21.1. The van der Waals surface area contributed by atoms with Gasteiger partial charge in [0.05, 0.1) is 18.8 Å². The van der Waals surface area contributed by atoms with Gasteiger partial charge in [-0.1, -0.05) is 25.1 Å². The molecule has 1 aromatic carbocycles. The molecule has 3 aliphatic rings. The van der Waals surface area contributed by atoms with Gasteiger partial charge in [0.25, 0.3) is 0 Å². The largest absolute Gasteiger partial charge is 0.486 e. The van der Waals surface area contributed by atoms with Crippen LogP contribution in [-0.2, 0) is 10.7 Å². The van der Waals surface area contributed by atoms with Gasteiger partial charge in [-0.25, -0.2) is 0 Å². The van der Waals surface area contributed by atoms with Crippen LogP contribution in [0.25, 0.3) is 0 Å². The van der Waals surface area contributed by atoms with Crippen LogP contribution in [0.3, 0.4) is 0 Å². The van der Waals surface area contributed by atoms with Crippen LogP contribution in [-0.4, -0.2) is 106 Å². The quantitative estimate of drug-likeness (QED) is 0.538. The Hall–Kier alpha value is -2.16. The molecular formula is C27H42F2N4O2. The Morgan fingerprint density at radius 3 is 2.23 bits per heavy atom. The molecule has 3 aliphatic heterocycles. The summed E-state index contributed by atoms with van der Waals surface area (Å²) in [6, 6.07) is 6.21. The molecule has 0 unspecified atom stereocenters. The topological polar surface area (TPSA) is 31.4 Å². The fourth-order valence-electron chi connectivity index (χ4n) is 4.31. The first kappa shape index (κ1) is 27.4. The number of para-hydroxylation sites is 1. The lowest BCUT2D eigenvalue weighted by Crippen LogP contribution is -2.49. The SMILES string of the molecule is CC/C=C(/C=C(/C)N(C)C)N1CCN(CCN2CCOCC2)CC1.FC1(F)COc2ccccc21. The number of nitrogens with zero attached hydrogens (tertiary/aromatic N) is 4. The van der Waals surface area contributed by atoms with Crippen molar-refractivity contribution < 1.29 is 18.3 Å². The second-order valence-electron chi connectivity index (χ2n) is 9.49. The van der Waals surface area contributed by atoms with Crippen LogP contribution in [0.4, 0.5) is 8.78 Å². The summed E-state index contributed by atoms with van der Waals surface area (Å²) in [5.41, 5.74) is 2.70. The lowest BCUT2D eigenvalue weighted by molar-refractivity contribution is -0.0213. The second kappa shape index (κ2) is 13.2. The molecule has 196 valence electrons. The van der Waals surface area contributed by atoms with Gasteiger partial charge in [-0.2, -0.15) is 8.78 Å². The minimum absolute atomic E-state index is 0.000000000000000444. The molecule has 0 radical (unpaired) electrons. The van der Waals surface area contributed by atoms with E-state index in [1.54, 1.807) is 18.2 Å². The number of morpholine rings is 1. The van der Waals surface area contributed by atoms with Gasteiger partial charge < -0.3 is 19.3 Å². The highest BCUT2D eigenvalue weighted by Crippen LogP contribution is 2.40. The molecule has 3 heterocycles. The number of hydrogen-bond donors (Lipinski definition) is 0. The van der Waals surface area contributed by atoms with Gasteiger partial charge in [0, 0.05) is 77.8 Å². The standard InChI is InChI=1S/C19H36N4O.C8H6F2O/c1-5-6-19(17-18(2)20(3)4)23-11-9-21(10-12-23)7-8-22-13-15-24-16-14-22;9-8(10)5-11-7-4-2-1-3-6(7)8/h6,17H,5,7-16H2,1-4H3;1-4H,5H2/b18-17-,19-6-;. The Labute approximate surface area is 209 Å². The summed E-state index contributed by atoms with van der Waals surface area (Å²) >= 11 is 0. The maximum absolute atomic E-state index is 12.8. The molecule has 2 fully saturated rings. The highest BCUT2D eigenvalue weighted by atomic mass is 19.3. The molecule has 0 aliphatic carbocycles. The van der Waals surface area contributed by atoms with Gasteiger partial charge in [-0.15, -0.1) is 0 Å². The summed E-state index contributed by atoms with van der Waals surface area (Å²) in [6.07, 6.45) is 5.77. The summed E-state index contributed by atoms with van der Waals surface area (Å²) in [5, 5.41) is 0. The minimum atomic E-state index is -2.80. The number of rotatable bonds is 7. The number of allylic oxidation sites excluding steroid dienone is 3. The lowest BCUT2D eigenvalue weighted by atomic mass is 10.1. The number of benzene rings is 1. The van der Waals surface area contributed by atoms with E-state index in [-0.39, 0.29) is 5.56 Å². The molecule has 0 saturated carbocycles. The molecule has 0 bridgehead atoms. The molecule has 6 nitrogen and oxygen atoms in total. The predicted octanol–water partition coefficient (Wildman–Crippen LogP) is 3.87. The van der Waals surface area contributed by atoms with Gasteiger partial charge in [-0.3, -0.25) is 9.80 Å². The Kier molecular flexibility index (Phi) is 10.4. The first-order valence-electron chi connectivity index (χ1n) is 12.7. The van der Waals surface area contributed by atoms with Crippen LogP contribution in [0.2, 0.25) is 0 Å². The Morgan fingerprint density at radius 1 is 1.00 bits per heavy atom. The smallest absolute Gasteiger partial charge is 0.310 e. The molecule has 35 heavy (non-hydrogen) atoms. The number of piperazine rings is 1. The molecule has 0 atom stereocenters. The van der Waals surface area contributed by atoms with E-state index in [4.69, 9.17) is 9.47 Å². The molecule has 0 amide bonds. The van der Waals surface area contributed by atoms with Gasteiger partial charge in [0.15, 0.2) is 6.61 Å². The van der Waals surface area contributed by atoms with E-state index >= 15 is 0 Å². The third-order valence-corrected chi connectivity index (χ3v) is 6.74. The van der Waals surface area contributed by atoms with Crippen molar-refractivity contribution >= 4 is 0 Å². The highest BCUT2D eigenvalue weighted by molar-refractivity contribution is 5.39. The third-order valence-electron chi connectivity index (χ3n) is 6.74. The molecule has 0 aromatic heterocycles. The minimum Gasteiger partial charge on any atom is -0.486 e. The van der Waals surface area contributed by atoms with E-state index in [9.17, 15) is 8.78 Å². The third kappa shape index (κ3) is 8.19. The molecule has 4 rings (SSSR count). The fourth-order valence-corrected chi connectivity index (χ4v) is 4.31. The van der Waals surface area contributed by atoms with Crippen molar-refractivity contribution in [2.45, 2.75) is 26.2 Å². The molecule has 8 heteroatoms. The van der Waals surface area contributed by atoms with E-state index in [1.165, 1.54) is 43.6 Å². The average molecular weight is 493 g/mol. The molecule has 0 spiro atoms. The first-order chi connectivity index (χ1) is 16.8. The summed E-state index contributed by atoms with van der Waals surface area (Å²) < 4.78 is 35.8. The molecular weight excluding hydrogens is 450 g/mol. The van der Waals surface area contributed by atoms with E-state index in [0.717, 1.165) is 45.8 Å². The summed E-state index contributed by atoms with van der Waals surface area (Å²) in [5.74, 6) is -2.49. The van der Waals surface area contributed by atoms with Gasteiger partial charge >= 0.3 is 5.92 Å². The van der Waals surface area contributed by atoms with Crippen molar-refractivity contribution in [2.75, 3.05) is 86.3 Å². The second-order valence-corrected chi connectivity index (χ2v) is 9.49. The monoisotopic (exact) mass is 492 g/mol. The van der Waals surface area contributed by atoms with Gasteiger partial charge in [-0.05, 0) is 31.6 Å². The number of ether oxygens (including phenoxy) is 2. The van der Waals surface area contributed by atoms with E-state index < -0.39 is 12.5 Å². The number of alkyl halides is 2. The maximum Gasteiger partial charge on any atom is 0.310 e. The van der Waals surface area contributed by atoms with Gasteiger partial charge in [0.2, 0.25) is 0 Å². The zero-order valence-electron chi connectivity index (χ0n) is 21.8. The Balaban J connectivity index is 0.000000256. The fraction of sp³-hybridized carbons (Fsp3) is 0.630. The van der Waals surface area contributed by atoms with Crippen LogP contribution in [0.1, 0.15) is 25.8 Å². The van der Waals surface area contributed by atoms with Gasteiger partial charge in [0.1, 0.15) is 5.75 Å². The summed E-state index contributed by atoms with van der Waals surface area (Å²) in [6.45, 7) is 14.8. The predicted molar refractivity (Wildman–Crippen MR) is 137 cm³/mol. The van der Waals surface area contributed by atoms with Crippen molar-refractivity contribution in [1.82, 2.24) is 19.6 Å². The number of halogens is 2. The van der Waals surface area contributed by atoms with Crippen molar-refractivity contribution in [3.05, 3.63) is 53.4 Å². The number of hydrogen-bond acceptors (Lipinski definition) is 6.